The number of nitrogens with zero attached hydrogens (tertiary/aromatic N) is 1. The van der Waals surface area contributed by atoms with Crippen molar-refractivity contribution in [1.82, 2.24) is 0 Å². The average Bonchev–Trinajstić information content (AvgIpc) is 3.70. The van der Waals surface area contributed by atoms with Gasteiger partial charge in [-0.05, 0) is 143 Å². The average molecular weight is 764 g/mol. The molecule has 0 unspecified atom stereocenters. The number of anilines is 3. The first-order chi connectivity index (χ1) is 29.7. The van der Waals surface area contributed by atoms with Gasteiger partial charge in [0.15, 0.2) is 0 Å². The van der Waals surface area contributed by atoms with Gasteiger partial charge in [0, 0.05) is 27.8 Å². The standard InChI is InChI=1S/C58H37NO/c1-3-9-51-41(7-1)13-15-46-35-43(23-32-53(46)51)38-17-26-48(27-18-38)59(50-30-21-40(22-31-50)45-25-34-58-56(37-45)55-11-5-6-12-57(55)60-58)49-28-19-39(20-29-49)44-24-33-54-47(36-44)16-14-42-8-2-4-10-52(42)54/h1-37H. The van der Waals surface area contributed by atoms with Crippen LogP contribution in [0, 0.1) is 0 Å². The maximum atomic E-state index is 6.13. The smallest absolute Gasteiger partial charge is 0.135 e. The first-order valence-corrected chi connectivity index (χ1v) is 20.6. The Labute approximate surface area is 347 Å². The minimum absolute atomic E-state index is 0.906. The number of hydrogen-bond acceptors (Lipinski definition) is 2. The molecule has 0 saturated heterocycles. The molecule has 0 fully saturated rings. The lowest BCUT2D eigenvalue weighted by molar-refractivity contribution is 0.669. The quantitative estimate of drug-likeness (QED) is 0.157. The van der Waals surface area contributed by atoms with Gasteiger partial charge in [-0.15, -0.1) is 0 Å². The third-order valence-electron chi connectivity index (χ3n) is 12.2. The van der Waals surface area contributed by atoms with Crippen molar-refractivity contribution in [3.8, 4) is 33.4 Å². The summed E-state index contributed by atoms with van der Waals surface area (Å²) in [6.07, 6.45) is 0. The summed E-state index contributed by atoms with van der Waals surface area (Å²) in [5, 5.41) is 12.4. The van der Waals surface area contributed by atoms with Crippen LogP contribution in [-0.4, -0.2) is 0 Å². The molecule has 0 saturated carbocycles. The number of benzene rings is 11. The van der Waals surface area contributed by atoms with E-state index in [0.29, 0.717) is 0 Å². The molecule has 2 heteroatoms. The summed E-state index contributed by atoms with van der Waals surface area (Å²) in [7, 11) is 0. The molecule has 0 bridgehead atoms. The second kappa shape index (κ2) is 13.9. The Kier molecular flexibility index (Phi) is 7.89. The van der Waals surface area contributed by atoms with Gasteiger partial charge in [-0.2, -0.15) is 0 Å². The second-order valence-electron chi connectivity index (χ2n) is 15.7. The molecule has 0 radical (unpaired) electrons. The van der Waals surface area contributed by atoms with Crippen LogP contribution in [0.3, 0.4) is 0 Å². The topological polar surface area (TPSA) is 16.4 Å². The largest absolute Gasteiger partial charge is 0.456 e. The summed E-state index contributed by atoms with van der Waals surface area (Å²) in [4.78, 5) is 2.35. The molecule has 0 amide bonds. The number of hydrogen-bond donors (Lipinski definition) is 0. The maximum Gasteiger partial charge on any atom is 0.135 e. The van der Waals surface area contributed by atoms with E-state index < -0.39 is 0 Å². The molecular formula is C58H37NO. The van der Waals surface area contributed by atoms with E-state index in [9.17, 15) is 0 Å². The van der Waals surface area contributed by atoms with Gasteiger partial charge >= 0.3 is 0 Å². The number of furan rings is 1. The minimum Gasteiger partial charge on any atom is -0.456 e. The Morgan fingerprint density at radius 2 is 0.600 bits per heavy atom. The molecule has 0 aliphatic rings. The van der Waals surface area contributed by atoms with Crippen LogP contribution in [0.4, 0.5) is 17.1 Å². The highest BCUT2D eigenvalue weighted by Crippen LogP contribution is 2.40. The van der Waals surface area contributed by atoms with E-state index in [1.165, 1.54) is 65.3 Å². The van der Waals surface area contributed by atoms with E-state index in [1.807, 2.05) is 12.1 Å². The fourth-order valence-corrected chi connectivity index (χ4v) is 9.15. The number of rotatable bonds is 6. The normalized spacial score (nSPS) is 11.7. The van der Waals surface area contributed by atoms with E-state index in [2.05, 4.69) is 217 Å². The summed E-state index contributed by atoms with van der Waals surface area (Å²) < 4.78 is 6.13. The highest BCUT2D eigenvalue weighted by Gasteiger charge is 2.15. The first-order valence-electron chi connectivity index (χ1n) is 20.6. The highest BCUT2D eigenvalue weighted by atomic mass is 16.3. The van der Waals surface area contributed by atoms with Gasteiger partial charge in [0.2, 0.25) is 0 Å². The van der Waals surface area contributed by atoms with Crippen LogP contribution >= 0.6 is 0 Å². The van der Waals surface area contributed by atoms with Crippen LogP contribution in [0.1, 0.15) is 0 Å². The molecule has 11 aromatic carbocycles. The van der Waals surface area contributed by atoms with Crippen molar-refractivity contribution in [3.63, 3.8) is 0 Å². The van der Waals surface area contributed by atoms with Crippen LogP contribution in [0.2, 0.25) is 0 Å². The minimum atomic E-state index is 0.906. The zero-order valence-corrected chi connectivity index (χ0v) is 32.7. The Balaban J connectivity index is 0.912. The molecule has 1 heterocycles. The summed E-state index contributed by atoms with van der Waals surface area (Å²) >= 11 is 0. The predicted molar refractivity (Wildman–Crippen MR) is 255 cm³/mol. The molecule has 2 nitrogen and oxygen atoms in total. The van der Waals surface area contributed by atoms with Crippen LogP contribution in [0.25, 0.3) is 98.4 Å². The molecule has 1 aromatic heterocycles. The van der Waals surface area contributed by atoms with Crippen LogP contribution < -0.4 is 4.90 Å². The number of fused-ring (bicyclic) bond motifs is 9. The Morgan fingerprint density at radius 1 is 0.233 bits per heavy atom. The van der Waals surface area contributed by atoms with Gasteiger partial charge in [0.05, 0.1) is 0 Å². The molecule has 0 spiro atoms. The molecule has 60 heavy (non-hydrogen) atoms. The summed E-state index contributed by atoms with van der Waals surface area (Å²) in [5.41, 5.74) is 12.2. The molecule has 0 N–H and O–H groups in total. The van der Waals surface area contributed by atoms with Crippen molar-refractivity contribution in [1.29, 1.82) is 0 Å². The van der Waals surface area contributed by atoms with Crippen molar-refractivity contribution in [2.75, 3.05) is 4.90 Å². The van der Waals surface area contributed by atoms with Gasteiger partial charge in [-0.25, -0.2) is 0 Å². The molecule has 12 rings (SSSR count). The van der Waals surface area contributed by atoms with Crippen LogP contribution in [-0.2, 0) is 0 Å². The second-order valence-corrected chi connectivity index (χ2v) is 15.7. The van der Waals surface area contributed by atoms with E-state index in [-0.39, 0.29) is 0 Å². The third-order valence-corrected chi connectivity index (χ3v) is 12.2. The molecule has 12 aromatic rings. The van der Waals surface area contributed by atoms with Crippen LogP contribution in [0.5, 0.6) is 0 Å². The Hall–Kier alpha value is -7.94. The van der Waals surface area contributed by atoms with Gasteiger partial charge in [-0.3, -0.25) is 0 Å². The lowest BCUT2D eigenvalue weighted by atomic mass is 9.97. The molecule has 280 valence electrons. The van der Waals surface area contributed by atoms with Crippen molar-refractivity contribution in [3.05, 3.63) is 224 Å². The van der Waals surface area contributed by atoms with Gasteiger partial charge in [-0.1, -0.05) is 158 Å². The van der Waals surface area contributed by atoms with E-state index in [1.54, 1.807) is 0 Å². The monoisotopic (exact) mass is 763 g/mol. The van der Waals surface area contributed by atoms with Crippen molar-refractivity contribution < 1.29 is 4.42 Å². The number of para-hydroxylation sites is 1. The fraction of sp³-hybridized carbons (Fsp3) is 0. The summed E-state index contributed by atoms with van der Waals surface area (Å²) in [5.74, 6) is 0. The lowest BCUT2D eigenvalue weighted by Gasteiger charge is -2.26. The van der Waals surface area contributed by atoms with E-state index >= 15 is 0 Å². The molecule has 0 aliphatic heterocycles. The van der Waals surface area contributed by atoms with Gasteiger partial charge in [0.1, 0.15) is 11.2 Å². The Morgan fingerprint density at radius 3 is 1.12 bits per heavy atom. The molecule has 0 aliphatic carbocycles. The Bertz CT molecular complexity index is 3420. The van der Waals surface area contributed by atoms with Gasteiger partial charge in [0.25, 0.3) is 0 Å². The van der Waals surface area contributed by atoms with Crippen molar-refractivity contribution >= 4 is 82.1 Å². The van der Waals surface area contributed by atoms with Crippen molar-refractivity contribution in [2.24, 2.45) is 0 Å². The molecular weight excluding hydrogens is 727 g/mol. The molecule has 0 atom stereocenters. The lowest BCUT2D eigenvalue weighted by Crippen LogP contribution is -2.09. The SMILES string of the molecule is c1ccc2c(c1)ccc1cc(-c3ccc(N(c4ccc(-c5ccc6c(ccc7ccccc76)c5)cc4)c4ccc(-c5ccc6oc7ccccc7c6c5)cc4)cc3)ccc12. The fourth-order valence-electron chi connectivity index (χ4n) is 9.15. The summed E-state index contributed by atoms with van der Waals surface area (Å²) in [6, 6.07) is 81.4. The van der Waals surface area contributed by atoms with Gasteiger partial charge < -0.3 is 9.32 Å². The van der Waals surface area contributed by atoms with Crippen molar-refractivity contribution in [2.45, 2.75) is 0 Å². The van der Waals surface area contributed by atoms with E-state index in [0.717, 1.165) is 50.1 Å². The zero-order valence-electron chi connectivity index (χ0n) is 32.7. The van der Waals surface area contributed by atoms with E-state index in [4.69, 9.17) is 4.42 Å². The highest BCUT2D eigenvalue weighted by molar-refractivity contribution is 6.10. The maximum absolute atomic E-state index is 6.13. The predicted octanol–water partition coefficient (Wildman–Crippen LogP) is 16.7. The van der Waals surface area contributed by atoms with Crippen LogP contribution in [0.15, 0.2) is 229 Å². The third kappa shape index (κ3) is 5.81. The first kappa shape index (κ1) is 34.1. The summed E-state index contributed by atoms with van der Waals surface area (Å²) in [6.45, 7) is 0. The zero-order chi connectivity index (χ0) is 39.6.